The fourth-order valence-electron chi connectivity index (χ4n) is 3.15. The number of halogens is 4. The highest BCUT2D eigenvalue weighted by Crippen LogP contribution is 2.54. The SMILES string of the molecule is C[C@H]1C[C@@]2(CCN1)OCC(O)(C(F)(F)F)c1cc(Cl)sc12. The summed E-state index contributed by atoms with van der Waals surface area (Å²) in [7, 11) is 0. The molecular weight excluding hydrogens is 327 g/mol. The number of ether oxygens (including phenoxy) is 1. The predicted octanol–water partition coefficient (Wildman–Crippen LogP) is 3.15. The van der Waals surface area contributed by atoms with Gasteiger partial charge in [-0.15, -0.1) is 11.3 Å². The Hall–Kier alpha value is -0.340. The molecule has 3 rings (SSSR count). The van der Waals surface area contributed by atoms with Gasteiger partial charge in [-0.1, -0.05) is 11.6 Å². The van der Waals surface area contributed by atoms with Gasteiger partial charge in [0, 0.05) is 16.5 Å². The Labute approximate surface area is 129 Å². The normalized spacial score (nSPS) is 36.8. The second-order valence-electron chi connectivity index (χ2n) is 5.74. The van der Waals surface area contributed by atoms with Crippen LogP contribution >= 0.6 is 22.9 Å². The number of rotatable bonds is 0. The molecule has 1 fully saturated rings. The number of nitrogens with one attached hydrogen (secondary N) is 1. The van der Waals surface area contributed by atoms with Crippen molar-refractivity contribution >= 4 is 22.9 Å². The van der Waals surface area contributed by atoms with E-state index in [1.807, 2.05) is 6.92 Å². The van der Waals surface area contributed by atoms with Crippen molar-refractivity contribution in [2.45, 2.75) is 43.2 Å². The third-order valence-corrected chi connectivity index (χ3v) is 5.69. The number of thiophene rings is 1. The predicted molar refractivity (Wildman–Crippen MR) is 73.6 cm³/mol. The Morgan fingerprint density at radius 3 is 2.86 bits per heavy atom. The molecule has 8 heteroatoms. The molecule has 0 aliphatic carbocycles. The van der Waals surface area contributed by atoms with Crippen LogP contribution in [0.2, 0.25) is 4.34 Å². The summed E-state index contributed by atoms with van der Waals surface area (Å²) in [6.07, 6.45) is -3.67. The molecule has 1 aromatic rings. The Morgan fingerprint density at radius 2 is 2.24 bits per heavy atom. The molecule has 1 spiro atoms. The molecule has 3 heterocycles. The zero-order chi connectivity index (χ0) is 15.5. The molecule has 1 unspecified atom stereocenters. The van der Waals surface area contributed by atoms with E-state index in [4.69, 9.17) is 16.3 Å². The van der Waals surface area contributed by atoms with Crippen LogP contribution in [0.5, 0.6) is 0 Å². The number of fused-ring (bicyclic) bond motifs is 2. The van der Waals surface area contributed by atoms with Gasteiger partial charge in [0.05, 0.1) is 10.9 Å². The Bertz CT molecular complexity index is 564. The third-order valence-electron chi connectivity index (χ3n) is 4.25. The fourth-order valence-corrected chi connectivity index (χ4v) is 4.63. The maximum Gasteiger partial charge on any atom is 0.423 e. The Morgan fingerprint density at radius 1 is 1.52 bits per heavy atom. The molecule has 3 nitrogen and oxygen atoms in total. The molecule has 0 amide bonds. The minimum Gasteiger partial charge on any atom is -0.375 e. The van der Waals surface area contributed by atoms with Gasteiger partial charge in [-0.3, -0.25) is 0 Å². The molecule has 1 aromatic heterocycles. The van der Waals surface area contributed by atoms with Crippen LogP contribution in [0.1, 0.15) is 30.2 Å². The smallest absolute Gasteiger partial charge is 0.375 e. The summed E-state index contributed by atoms with van der Waals surface area (Å²) in [5, 5.41) is 13.4. The van der Waals surface area contributed by atoms with E-state index in [0.29, 0.717) is 24.3 Å². The molecule has 0 radical (unpaired) electrons. The first kappa shape index (κ1) is 15.6. The maximum absolute atomic E-state index is 13.3. The summed E-state index contributed by atoms with van der Waals surface area (Å²) in [5.41, 5.74) is -3.91. The van der Waals surface area contributed by atoms with E-state index in [1.165, 1.54) is 6.07 Å². The fraction of sp³-hybridized carbons (Fsp3) is 0.692. The largest absolute Gasteiger partial charge is 0.423 e. The number of hydrogen-bond acceptors (Lipinski definition) is 4. The lowest BCUT2D eigenvalue weighted by atomic mass is 9.79. The molecule has 2 aliphatic heterocycles. The first-order valence-electron chi connectivity index (χ1n) is 6.65. The summed E-state index contributed by atoms with van der Waals surface area (Å²) >= 11 is 7.00. The standard InChI is InChI=1S/C13H15ClF3NO2S/c1-7-5-11(2-3-18-7)10-8(4-9(14)21-10)12(19,6-20-11)13(15,16)17/h4,7,18-19H,2-3,5-6H2,1H3/t7-,11+,12?/m0/s1. The van der Waals surface area contributed by atoms with Crippen LogP contribution in [-0.4, -0.2) is 30.5 Å². The van der Waals surface area contributed by atoms with Gasteiger partial charge >= 0.3 is 6.18 Å². The van der Waals surface area contributed by atoms with E-state index < -0.39 is 24.0 Å². The zero-order valence-corrected chi connectivity index (χ0v) is 12.8. The lowest BCUT2D eigenvalue weighted by Crippen LogP contribution is -2.56. The van der Waals surface area contributed by atoms with Crippen molar-refractivity contribution in [3.05, 3.63) is 20.8 Å². The third kappa shape index (κ3) is 2.30. The number of hydrogen-bond donors (Lipinski definition) is 2. The molecule has 3 atom stereocenters. The van der Waals surface area contributed by atoms with Crippen molar-refractivity contribution in [2.24, 2.45) is 0 Å². The minimum absolute atomic E-state index is 0.129. The van der Waals surface area contributed by atoms with Crippen molar-refractivity contribution in [1.29, 1.82) is 0 Å². The zero-order valence-electron chi connectivity index (χ0n) is 11.3. The van der Waals surface area contributed by atoms with Crippen LogP contribution in [0.15, 0.2) is 6.07 Å². The average Bonchev–Trinajstić information content (AvgIpc) is 2.77. The number of aliphatic hydroxyl groups is 1. The highest BCUT2D eigenvalue weighted by Gasteiger charge is 2.62. The van der Waals surface area contributed by atoms with Crippen LogP contribution in [0.25, 0.3) is 0 Å². The van der Waals surface area contributed by atoms with Gasteiger partial charge < -0.3 is 15.2 Å². The summed E-state index contributed by atoms with van der Waals surface area (Å²) in [6.45, 7) is 1.83. The minimum atomic E-state index is -4.80. The van der Waals surface area contributed by atoms with Gasteiger partial charge in [0.2, 0.25) is 5.60 Å². The second kappa shape index (κ2) is 4.83. The van der Waals surface area contributed by atoms with Crippen molar-refractivity contribution in [3.8, 4) is 0 Å². The van der Waals surface area contributed by atoms with Crippen molar-refractivity contribution in [2.75, 3.05) is 13.2 Å². The van der Waals surface area contributed by atoms with Crippen LogP contribution in [0.3, 0.4) is 0 Å². The molecule has 118 valence electrons. The first-order valence-corrected chi connectivity index (χ1v) is 7.84. The Balaban J connectivity index is 2.12. The summed E-state index contributed by atoms with van der Waals surface area (Å²) in [4.78, 5) is 0.409. The van der Waals surface area contributed by atoms with Gasteiger partial charge in [-0.05, 0) is 32.4 Å². The van der Waals surface area contributed by atoms with E-state index >= 15 is 0 Å². The second-order valence-corrected chi connectivity index (χ2v) is 7.43. The monoisotopic (exact) mass is 341 g/mol. The number of piperidine rings is 1. The van der Waals surface area contributed by atoms with Crippen LogP contribution in [-0.2, 0) is 15.9 Å². The van der Waals surface area contributed by atoms with Crippen molar-refractivity contribution < 1.29 is 23.0 Å². The lowest BCUT2D eigenvalue weighted by molar-refractivity contribution is -0.302. The van der Waals surface area contributed by atoms with E-state index in [2.05, 4.69) is 5.32 Å². The molecule has 1 saturated heterocycles. The quantitative estimate of drug-likeness (QED) is 0.761. The van der Waals surface area contributed by atoms with Crippen molar-refractivity contribution in [1.82, 2.24) is 5.32 Å². The van der Waals surface area contributed by atoms with Crippen LogP contribution in [0.4, 0.5) is 13.2 Å². The van der Waals surface area contributed by atoms with Crippen LogP contribution in [0, 0.1) is 0 Å². The molecule has 2 aliphatic rings. The van der Waals surface area contributed by atoms with E-state index in [1.54, 1.807) is 0 Å². The first-order chi connectivity index (χ1) is 9.68. The summed E-state index contributed by atoms with van der Waals surface area (Å²) < 4.78 is 45.6. The molecule has 0 aromatic carbocycles. The summed E-state index contributed by atoms with van der Waals surface area (Å²) in [5.74, 6) is 0. The lowest BCUT2D eigenvalue weighted by Gasteiger charge is -2.47. The van der Waals surface area contributed by atoms with Gasteiger partial charge in [0.1, 0.15) is 5.60 Å². The topological polar surface area (TPSA) is 41.5 Å². The molecule has 21 heavy (non-hydrogen) atoms. The van der Waals surface area contributed by atoms with Gasteiger partial charge in [-0.2, -0.15) is 13.2 Å². The molecule has 0 saturated carbocycles. The van der Waals surface area contributed by atoms with Gasteiger partial charge in [0.25, 0.3) is 0 Å². The van der Waals surface area contributed by atoms with E-state index in [9.17, 15) is 18.3 Å². The highest BCUT2D eigenvalue weighted by molar-refractivity contribution is 7.16. The van der Waals surface area contributed by atoms with Gasteiger partial charge in [-0.25, -0.2) is 0 Å². The molecular formula is C13H15ClF3NO2S. The molecule has 0 bridgehead atoms. The number of alkyl halides is 3. The molecule has 2 N–H and O–H groups in total. The van der Waals surface area contributed by atoms with Gasteiger partial charge in [0.15, 0.2) is 0 Å². The summed E-state index contributed by atoms with van der Waals surface area (Å²) in [6, 6.07) is 1.36. The van der Waals surface area contributed by atoms with Crippen LogP contribution < -0.4 is 5.32 Å². The highest BCUT2D eigenvalue weighted by atomic mass is 35.5. The van der Waals surface area contributed by atoms with E-state index in [0.717, 1.165) is 11.3 Å². The maximum atomic E-state index is 13.3. The average molecular weight is 342 g/mol. The van der Waals surface area contributed by atoms with E-state index in [-0.39, 0.29) is 15.9 Å². The Kier molecular flexibility index (Phi) is 3.57. The van der Waals surface area contributed by atoms with Crippen molar-refractivity contribution in [3.63, 3.8) is 0 Å².